The number of ether oxygens (including phenoxy) is 2. The number of unbranched alkanes of at least 4 members (excludes halogenated alkanes) is 3. The van der Waals surface area contributed by atoms with Crippen LogP contribution < -0.4 is 9.47 Å². The van der Waals surface area contributed by atoms with Crippen LogP contribution in [0.1, 0.15) is 43.7 Å². The van der Waals surface area contributed by atoms with E-state index in [-0.39, 0.29) is 51.6 Å². The van der Waals surface area contributed by atoms with E-state index >= 15 is 0 Å². The number of carboxylic acids is 1. The molecule has 2 rings (SSSR count). The van der Waals surface area contributed by atoms with Gasteiger partial charge in [0.25, 0.3) is 0 Å². The van der Waals surface area contributed by atoms with Gasteiger partial charge in [-0.05, 0) is 25.5 Å². The molecule has 4 nitrogen and oxygen atoms in total. The fraction of sp³-hybridized carbons (Fsp3) is 0.500. The molecule has 27 heavy (non-hydrogen) atoms. The molecule has 1 N–H and O–H groups in total. The van der Waals surface area contributed by atoms with E-state index in [0.717, 1.165) is 31.8 Å². The first-order valence-electron chi connectivity index (χ1n) is 8.31. The van der Waals surface area contributed by atoms with Crippen LogP contribution in [0.3, 0.4) is 0 Å². The van der Waals surface area contributed by atoms with Crippen LogP contribution in [0.5, 0.6) is 11.5 Å². The van der Waals surface area contributed by atoms with Crippen LogP contribution in [0, 0.1) is 6.92 Å². The van der Waals surface area contributed by atoms with Gasteiger partial charge in [0.2, 0.25) is 6.10 Å². The number of hydrogen-bond acceptors (Lipinski definition) is 3. The molecule has 0 saturated carbocycles. The van der Waals surface area contributed by atoms with Crippen molar-refractivity contribution in [1.82, 2.24) is 0 Å². The summed E-state index contributed by atoms with van der Waals surface area (Å²) in [4.78, 5) is 11.2. The van der Waals surface area contributed by atoms with Crippen LogP contribution in [-0.2, 0) is 4.79 Å². The summed E-state index contributed by atoms with van der Waals surface area (Å²) in [6.07, 6.45) is -2.52. The van der Waals surface area contributed by atoms with E-state index in [1.807, 2.05) is 0 Å². The predicted molar refractivity (Wildman–Crippen MR) is 99.1 cm³/mol. The van der Waals surface area contributed by atoms with Gasteiger partial charge < -0.3 is 14.6 Å². The second-order valence-electron chi connectivity index (χ2n) is 6.08. The molecular formula is C18H21ClF3NaO4. The van der Waals surface area contributed by atoms with E-state index in [9.17, 15) is 18.0 Å². The molecule has 0 bridgehead atoms. The van der Waals surface area contributed by atoms with Gasteiger partial charge in [0.05, 0.1) is 17.2 Å². The van der Waals surface area contributed by atoms with Crippen LogP contribution in [-0.4, -0.2) is 59.5 Å². The Balaban J connectivity index is 0.00000364. The van der Waals surface area contributed by atoms with E-state index in [2.05, 4.69) is 6.92 Å². The molecule has 9 heteroatoms. The monoisotopic (exact) mass is 416 g/mol. The van der Waals surface area contributed by atoms with Crippen molar-refractivity contribution in [2.75, 3.05) is 6.61 Å². The molecule has 0 aromatic heterocycles. The average molecular weight is 417 g/mol. The van der Waals surface area contributed by atoms with Crippen LogP contribution in [0.2, 0.25) is 5.02 Å². The first-order valence-corrected chi connectivity index (χ1v) is 8.68. The Morgan fingerprint density at radius 2 is 2.00 bits per heavy atom. The Kier molecular flexibility index (Phi) is 8.99. The summed E-state index contributed by atoms with van der Waals surface area (Å²) < 4.78 is 50.2. The summed E-state index contributed by atoms with van der Waals surface area (Å²) in [6.45, 7) is 4.01. The van der Waals surface area contributed by atoms with Crippen molar-refractivity contribution in [2.24, 2.45) is 0 Å². The third kappa shape index (κ3) is 5.79. The number of alkyl halides is 3. The first-order chi connectivity index (χ1) is 12.2. The maximum atomic E-state index is 13.2. The number of carboxylic acid groups (broad SMARTS) is 1. The molecule has 0 spiro atoms. The Hall–Kier alpha value is -0.890. The molecule has 1 aromatic rings. The second-order valence-corrected chi connectivity index (χ2v) is 6.49. The average Bonchev–Trinajstić information content (AvgIpc) is 2.55. The topological polar surface area (TPSA) is 55.8 Å². The summed E-state index contributed by atoms with van der Waals surface area (Å²) in [5.74, 6) is -1.50. The van der Waals surface area contributed by atoms with Crippen LogP contribution in [0.25, 0.3) is 6.08 Å². The van der Waals surface area contributed by atoms with Crippen molar-refractivity contribution >= 4 is 53.2 Å². The number of aliphatic carboxylic acids is 1. The third-order valence-electron chi connectivity index (χ3n) is 4.06. The fourth-order valence-corrected chi connectivity index (χ4v) is 3.07. The number of benzene rings is 1. The van der Waals surface area contributed by atoms with Crippen molar-refractivity contribution in [3.8, 4) is 11.5 Å². The van der Waals surface area contributed by atoms with Crippen LogP contribution in [0.15, 0.2) is 11.6 Å². The number of hydrogen-bond donors (Lipinski definition) is 1. The second kappa shape index (κ2) is 10.0. The molecule has 1 unspecified atom stereocenters. The molecule has 0 fully saturated rings. The van der Waals surface area contributed by atoms with Crippen molar-refractivity contribution in [3.05, 3.63) is 27.8 Å². The molecule has 1 aliphatic rings. The zero-order valence-electron chi connectivity index (χ0n) is 14.5. The van der Waals surface area contributed by atoms with Gasteiger partial charge in [-0.25, -0.2) is 4.79 Å². The molecule has 1 atom stereocenters. The van der Waals surface area contributed by atoms with Gasteiger partial charge in [0, 0.05) is 11.1 Å². The van der Waals surface area contributed by atoms with Crippen molar-refractivity contribution in [2.45, 2.75) is 51.8 Å². The van der Waals surface area contributed by atoms with E-state index in [1.54, 1.807) is 6.92 Å². The summed E-state index contributed by atoms with van der Waals surface area (Å²) in [6, 6.07) is 1.36. The Morgan fingerprint density at radius 1 is 1.33 bits per heavy atom. The molecule has 0 radical (unpaired) electrons. The minimum absolute atomic E-state index is 0. The zero-order valence-corrected chi connectivity index (χ0v) is 15.2. The Morgan fingerprint density at radius 3 is 2.56 bits per heavy atom. The standard InChI is InChI=1S/C18H20ClF3O4.Na.H/c1-3-4-5-6-7-25-15-10(2)14-11(9-13(15)19)8-12(17(23)24)16(26-14)18(20,21)22;;/h8-9,16H,3-7H2,1-2H3,(H,23,24);;. The number of rotatable bonds is 7. The van der Waals surface area contributed by atoms with Gasteiger partial charge in [0.1, 0.15) is 11.5 Å². The number of fused-ring (bicyclic) bond motifs is 1. The Bertz CT molecular complexity index is 720. The summed E-state index contributed by atoms with van der Waals surface area (Å²) in [7, 11) is 0. The van der Waals surface area contributed by atoms with E-state index in [0.29, 0.717) is 12.2 Å². The van der Waals surface area contributed by atoms with Crippen molar-refractivity contribution < 1.29 is 32.5 Å². The molecule has 1 heterocycles. The van der Waals surface area contributed by atoms with Gasteiger partial charge in [-0.2, -0.15) is 13.2 Å². The zero-order chi connectivity index (χ0) is 19.5. The van der Waals surface area contributed by atoms with E-state index in [4.69, 9.17) is 26.2 Å². The number of carbonyl (C=O) groups is 1. The third-order valence-corrected chi connectivity index (χ3v) is 4.34. The van der Waals surface area contributed by atoms with Gasteiger partial charge in [-0.1, -0.05) is 37.8 Å². The summed E-state index contributed by atoms with van der Waals surface area (Å²) in [5, 5.41) is 9.27. The quantitative estimate of drug-likeness (QED) is 0.515. The van der Waals surface area contributed by atoms with Crippen molar-refractivity contribution in [3.63, 3.8) is 0 Å². The minimum atomic E-state index is -4.85. The molecule has 146 valence electrons. The molecule has 1 aromatic carbocycles. The molecule has 0 aliphatic carbocycles. The van der Waals surface area contributed by atoms with Gasteiger partial charge in [0.15, 0.2) is 0 Å². The summed E-state index contributed by atoms with van der Waals surface area (Å²) >= 11 is 6.18. The molecule has 1 aliphatic heterocycles. The normalized spacial score (nSPS) is 15.9. The van der Waals surface area contributed by atoms with Crippen LogP contribution in [0.4, 0.5) is 13.2 Å². The fourth-order valence-electron chi connectivity index (χ4n) is 2.75. The van der Waals surface area contributed by atoms with Gasteiger partial charge in [-0.3, -0.25) is 0 Å². The maximum absolute atomic E-state index is 13.2. The molecular weight excluding hydrogens is 396 g/mol. The predicted octanol–water partition coefficient (Wildman–Crippen LogP) is 4.75. The van der Waals surface area contributed by atoms with Crippen LogP contribution >= 0.6 is 11.6 Å². The number of halogens is 4. The van der Waals surface area contributed by atoms with E-state index < -0.39 is 23.8 Å². The first kappa shape index (κ1) is 24.1. The van der Waals surface area contributed by atoms with Gasteiger partial charge in [-0.15, -0.1) is 0 Å². The molecule has 0 amide bonds. The van der Waals surface area contributed by atoms with E-state index in [1.165, 1.54) is 6.07 Å². The molecule has 0 saturated heterocycles. The Labute approximate surface area is 183 Å². The van der Waals surface area contributed by atoms with Crippen molar-refractivity contribution in [1.29, 1.82) is 0 Å². The SMILES string of the molecule is CCCCCCOc1c(Cl)cc2c(c1C)OC(C(F)(F)F)C(C(=O)O)=C2.[NaH]. The van der Waals surface area contributed by atoms with Gasteiger partial charge >= 0.3 is 41.7 Å². The summed E-state index contributed by atoms with van der Waals surface area (Å²) in [5.41, 5.74) is -0.379.